The molecule has 0 radical (unpaired) electrons. The maximum atomic E-state index is 5.54. The van der Waals surface area contributed by atoms with Crippen molar-refractivity contribution in [2.24, 2.45) is 0 Å². The van der Waals surface area contributed by atoms with Gasteiger partial charge >= 0.3 is 0 Å². The van der Waals surface area contributed by atoms with Crippen LogP contribution in [0.2, 0.25) is 0 Å². The fourth-order valence-corrected chi connectivity index (χ4v) is 2.07. The Labute approximate surface area is 105 Å². The van der Waals surface area contributed by atoms with E-state index >= 15 is 0 Å². The first-order chi connectivity index (χ1) is 8.00. The number of H-pyrrole nitrogens is 1. The lowest BCUT2D eigenvalue weighted by molar-refractivity contribution is 0.405. The van der Waals surface area contributed by atoms with Crippen molar-refractivity contribution in [2.45, 2.75) is 39.7 Å². The first-order valence-corrected chi connectivity index (χ1v) is 6.00. The Hall–Kier alpha value is -1.43. The summed E-state index contributed by atoms with van der Waals surface area (Å²) >= 11 is 5.25. The third-order valence-electron chi connectivity index (χ3n) is 2.63. The zero-order chi connectivity index (χ0) is 12.6. The molecule has 1 unspecified atom stereocenters. The fraction of sp³-hybridized carbons (Fsp3) is 0.545. The zero-order valence-corrected chi connectivity index (χ0v) is 11.2. The van der Waals surface area contributed by atoms with Crippen LogP contribution in [0.3, 0.4) is 0 Å². The zero-order valence-electron chi connectivity index (χ0n) is 10.4. The summed E-state index contributed by atoms with van der Waals surface area (Å²) in [7, 11) is 0. The Bertz CT molecular complexity index is 566. The number of aromatic nitrogens is 4. The minimum absolute atomic E-state index is 0.0488. The molecule has 0 amide bonds. The molecule has 5 nitrogen and oxygen atoms in total. The molecule has 2 aromatic rings. The minimum Gasteiger partial charge on any atom is -0.444 e. The number of nitrogens with zero attached hydrogens (tertiary/aromatic N) is 3. The summed E-state index contributed by atoms with van der Waals surface area (Å²) in [6.07, 6.45) is 1.71. The van der Waals surface area contributed by atoms with Gasteiger partial charge in [0.15, 0.2) is 4.77 Å². The molecule has 0 aliphatic heterocycles. The third kappa shape index (κ3) is 2.17. The van der Waals surface area contributed by atoms with Crippen LogP contribution in [0.25, 0.3) is 0 Å². The van der Waals surface area contributed by atoms with E-state index in [-0.39, 0.29) is 6.04 Å². The monoisotopic (exact) mass is 252 g/mol. The first-order valence-electron chi connectivity index (χ1n) is 5.59. The van der Waals surface area contributed by atoms with E-state index in [1.807, 2.05) is 18.4 Å². The van der Waals surface area contributed by atoms with Crippen molar-refractivity contribution in [3.63, 3.8) is 0 Å². The van der Waals surface area contributed by atoms with Gasteiger partial charge < -0.3 is 4.42 Å². The summed E-state index contributed by atoms with van der Waals surface area (Å²) in [5.41, 5.74) is 0. The van der Waals surface area contributed by atoms with Gasteiger partial charge in [0.1, 0.15) is 17.6 Å². The van der Waals surface area contributed by atoms with Crippen LogP contribution in [0.4, 0.5) is 0 Å². The molecule has 2 aromatic heterocycles. The number of nitrogens with one attached hydrogen (secondary N) is 1. The fourth-order valence-electron chi connectivity index (χ4n) is 1.77. The molecule has 0 aliphatic carbocycles. The van der Waals surface area contributed by atoms with Crippen molar-refractivity contribution in [1.29, 1.82) is 0 Å². The molecule has 0 saturated carbocycles. The summed E-state index contributed by atoms with van der Waals surface area (Å²) < 4.78 is 8.08. The lowest BCUT2D eigenvalue weighted by Crippen LogP contribution is -2.12. The predicted octanol–water partition coefficient (Wildman–Crippen LogP) is 2.97. The number of oxazole rings is 1. The highest BCUT2D eigenvalue weighted by Crippen LogP contribution is 2.22. The second kappa shape index (κ2) is 4.44. The van der Waals surface area contributed by atoms with Gasteiger partial charge in [-0.15, -0.1) is 0 Å². The number of rotatable bonds is 3. The Morgan fingerprint density at radius 3 is 2.65 bits per heavy atom. The Balaban J connectivity index is 2.46. The van der Waals surface area contributed by atoms with Gasteiger partial charge in [-0.1, -0.05) is 13.8 Å². The molecule has 2 heterocycles. The van der Waals surface area contributed by atoms with E-state index in [1.54, 1.807) is 6.20 Å². The number of aryl methyl sites for hydroxylation is 1. The molecule has 92 valence electrons. The second-order valence-electron chi connectivity index (χ2n) is 4.40. The van der Waals surface area contributed by atoms with Gasteiger partial charge in [-0.05, 0) is 26.1 Å². The van der Waals surface area contributed by atoms with Crippen molar-refractivity contribution in [2.75, 3.05) is 0 Å². The van der Waals surface area contributed by atoms with Gasteiger partial charge in [-0.25, -0.2) is 4.98 Å². The molecule has 0 spiro atoms. The molecule has 6 heteroatoms. The van der Waals surface area contributed by atoms with Crippen molar-refractivity contribution >= 4 is 12.2 Å². The maximum Gasteiger partial charge on any atom is 0.217 e. The summed E-state index contributed by atoms with van der Waals surface area (Å²) in [5.74, 6) is 2.66. The highest BCUT2D eigenvalue weighted by atomic mass is 32.1. The van der Waals surface area contributed by atoms with Gasteiger partial charge in [-0.2, -0.15) is 5.10 Å². The van der Waals surface area contributed by atoms with Crippen LogP contribution in [0, 0.1) is 11.7 Å². The summed E-state index contributed by atoms with van der Waals surface area (Å²) in [5, 5.41) is 7.07. The van der Waals surface area contributed by atoms with Crippen LogP contribution in [-0.4, -0.2) is 19.7 Å². The molecule has 17 heavy (non-hydrogen) atoms. The van der Waals surface area contributed by atoms with Crippen LogP contribution in [-0.2, 0) is 0 Å². The Morgan fingerprint density at radius 1 is 1.41 bits per heavy atom. The lowest BCUT2D eigenvalue weighted by atomic mass is 10.2. The maximum absolute atomic E-state index is 5.54. The van der Waals surface area contributed by atoms with E-state index in [0.717, 1.165) is 11.6 Å². The highest BCUT2D eigenvalue weighted by molar-refractivity contribution is 7.71. The predicted molar refractivity (Wildman–Crippen MR) is 66.6 cm³/mol. The van der Waals surface area contributed by atoms with Crippen LogP contribution in [0.15, 0.2) is 10.6 Å². The summed E-state index contributed by atoms with van der Waals surface area (Å²) in [6, 6.07) is -0.0488. The summed E-state index contributed by atoms with van der Waals surface area (Å²) in [6.45, 7) is 8.04. The van der Waals surface area contributed by atoms with E-state index in [1.165, 1.54) is 0 Å². The Morgan fingerprint density at radius 2 is 2.12 bits per heavy atom. The van der Waals surface area contributed by atoms with Gasteiger partial charge in [0.2, 0.25) is 5.89 Å². The van der Waals surface area contributed by atoms with Crippen LogP contribution >= 0.6 is 12.2 Å². The average Bonchev–Trinajstić information content (AvgIpc) is 2.83. The van der Waals surface area contributed by atoms with Gasteiger partial charge in [0.25, 0.3) is 0 Å². The second-order valence-corrected chi connectivity index (χ2v) is 4.78. The largest absolute Gasteiger partial charge is 0.444 e. The van der Waals surface area contributed by atoms with Crippen molar-refractivity contribution in [3.8, 4) is 0 Å². The molecule has 0 aromatic carbocycles. The highest BCUT2D eigenvalue weighted by Gasteiger charge is 2.20. The molecule has 2 rings (SSSR count). The quantitative estimate of drug-likeness (QED) is 0.853. The van der Waals surface area contributed by atoms with Gasteiger partial charge in [0, 0.05) is 5.92 Å². The molecule has 1 N–H and O–H groups in total. The van der Waals surface area contributed by atoms with Crippen molar-refractivity contribution in [1.82, 2.24) is 19.7 Å². The average molecular weight is 252 g/mol. The molecule has 1 atom stereocenters. The van der Waals surface area contributed by atoms with Gasteiger partial charge in [0.05, 0.1) is 6.20 Å². The molecule has 0 saturated heterocycles. The van der Waals surface area contributed by atoms with E-state index in [0.29, 0.717) is 16.6 Å². The van der Waals surface area contributed by atoms with Crippen molar-refractivity contribution in [3.05, 3.63) is 28.4 Å². The topological polar surface area (TPSA) is 59.6 Å². The summed E-state index contributed by atoms with van der Waals surface area (Å²) in [4.78, 5) is 4.24. The van der Waals surface area contributed by atoms with E-state index in [2.05, 4.69) is 29.0 Å². The minimum atomic E-state index is -0.0488. The normalized spacial score (nSPS) is 13.2. The molecule has 0 bridgehead atoms. The van der Waals surface area contributed by atoms with Crippen LogP contribution in [0.1, 0.15) is 50.2 Å². The van der Waals surface area contributed by atoms with E-state index < -0.39 is 0 Å². The van der Waals surface area contributed by atoms with E-state index in [4.69, 9.17) is 16.6 Å². The van der Waals surface area contributed by atoms with Gasteiger partial charge in [-0.3, -0.25) is 9.67 Å². The number of aromatic amines is 1. The smallest absolute Gasteiger partial charge is 0.217 e. The standard InChI is InChI=1S/C11H16N4OS/c1-6(2)9-13-14-11(17)15(9)8(4)10-12-5-7(3)16-10/h5-6,8H,1-4H3,(H,14,17). The number of hydrogen-bond acceptors (Lipinski definition) is 4. The molecule has 0 fully saturated rings. The lowest BCUT2D eigenvalue weighted by Gasteiger charge is -2.13. The third-order valence-corrected chi connectivity index (χ3v) is 2.92. The van der Waals surface area contributed by atoms with Crippen LogP contribution < -0.4 is 0 Å². The molecule has 0 aliphatic rings. The van der Waals surface area contributed by atoms with Crippen LogP contribution in [0.5, 0.6) is 0 Å². The SMILES string of the molecule is Cc1cnc(C(C)n2c(C(C)C)n[nH]c2=S)o1. The first kappa shape index (κ1) is 12.0. The van der Waals surface area contributed by atoms with E-state index in [9.17, 15) is 0 Å². The Kier molecular flexibility index (Phi) is 3.15. The number of hydrogen-bond donors (Lipinski definition) is 1. The molecular weight excluding hydrogens is 236 g/mol. The molecular formula is C11H16N4OS. The van der Waals surface area contributed by atoms with Crippen molar-refractivity contribution < 1.29 is 4.42 Å².